The van der Waals surface area contributed by atoms with Crippen molar-refractivity contribution in [1.29, 1.82) is 5.26 Å². The van der Waals surface area contributed by atoms with Crippen LogP contribution in [0.4, 0.5) is 8.78 Å². The molecule has 15 heteroatoms. The number of benzene rings is 17. The van der Waals surface area contributed by atoms with Crippen LogP contribution in [0.5, 0.6) is 46.0 Å². The summed E-state index contributed by atoms with van der Waals surface area (Å²) in [6.07, 6.45) is 1.31. The van der Waals surface area contributed by atoms with Gasteiger partial charge in [0.25, 0.3) is 0 Å². The molecule has 554 valence electrons. The van der Waals surface area contributed by atoms with Crippen molar-refractivity contribution in [3.8, 4) is 85.4 Å². The third-order valence-electron chi connectivity index (χ3n) is 20.6. The Morgan fingerprint density at radius 2 is 0.570 bits per heavy atom. The Bertz CT molecular complexity index is 6330. The molecule has 0 bridgehead atoms. The van der Waals surface area contributed by atoms with Gasteiger partial charge in [-0.05, 0) is 230 Å². The van der Waals surface area contributed by atoms with Crippen LogP contribution in [0.2, 0.25) is 10.3 Å². The number of phenolic OH excluding ortho intramolecular Hbond substituents is 8. The molecule has 2 aliphatic rings. The average molecular weight is 1540 g/mol. The number of nitriles is 1. The number of aromatic nitrogens is 2. The van der Waals surface area contributed by atoms with Crippen LogP contribution in [0.1, 0.15) is 50.1 Å². The number of hydrogen-bond acceptors (Lipinski definition) is 11. The highest BCUT2D eigenvalue weighted by atomic mass is 35.5. The van der Waals surface area contributed by atoms with E-state index in [9.17, 15) is 39.4 Å². The number of aromatic hydroxyl groups is 8. The van der Waals surface area contributed by atoms with Gasteiger partial charge in [0.2, 0.25) is 0 Å². The van der Waals surface area contributed by atoms with Gasteiger partial charge in [-0.1, -0.05) is 260 Å². The lowest BCUT2D eigenvalue weighted by molar-refractivity contribution is 0.470. The van der Waals surface area contributed by atoms with Crippen LogP contribution in [-0.2, 0) is 10.8 Å². The zero-order valence-corrected chi connectivity index (χ0v) is 62.0. The summed E-state index contributed by atoms with van der Waals surface area (Å²) in [5.74, 6) is 0.184. The molecule has 0 aliphatic heterocycles. The molecule has 0 saturated heterocycles. The molecule has 17 aromatic carbocycles. The predicted octanol–water partition coefficient (Wildman–Crippen LogP) is 24.2. The molecule has 20 rings (SSSR count). The molecule has 0 saturated carbocycles. The molecular weight excluding hydrogens is 1470 g/mol. The van der Waals surface area contributed by atoms with Crippen molar-refractivity contribution in [2.75, 3.05) is 0 Å². The lowest BCUT2D eigenvalue weighted by Gasteiger charge is -2.34. The van der Waals surface area contributed by atoms with Gasteiger partial charge in [0.15, 0.2) is 0 Å². The molecule has 0 radical (unpaired) electrons. The zero-order chi connectivity index (χ0) is 79.2. The molecule has 114 heavy (non-hydrogen) atoms. The number of nitrogens with zero attached hydrogens (tertiary/aromatic N) is 3. The van der Waals surface area contributed by atoms with E-state index in [4.69, 9.17) is 38.7 Å². The van der Waals surface area contributed by atoms with Crippen molar-refractivity contribution < 1.29 is 49.6 Å². The van der Waals surface area contributed by atoms with Crippen molar-refractivity contribution in [3.05, 3.63) is 430 Å². The Morgan fingerprint density at radius 1 is 0.272 bits per heavy atom. The van der Waals surface area contributed by atoms with Crippen LogP contribution >= 0.6 is 23.2 Å². The third-order valence-corrected chi connectivity index (χ3v) is 21.0. The highest BCUT2D eigenvalue weighted by Gasteiger charge is 2.47. The van der Waals surface area contributed by atoms with Gasteiger partial charge in [-0.25, -0.2) is 18.7 Å². The Hall–Kier alpha value is -14.6. The van der Waals surface area contributed by atoms with Crippen molar-refractivity contribution >= 4 is 77.1 Å². The lowest BCUT2D eigenvalue weighted by atomic mass is 9.67. The third kappa shape index (κ3) is 14.6. The first-order valence-corrected chi connectivity index (χ1v) is 36.9. The van der Waals surface area contributed by atoms with E-state index in [2.05, 4.69) is 143 Å². The minimum atomic E-state index is -0.817. The molecule has 0 unspecified atom stereocenters. The minimum absolute atomic E-state index is 0.172. The topological polar surface area (TPSA) is 211 Å². The second kappa shape index (κ2) is 32.2. The fourth-order valence-corrected chi connectivity index (χ4v) is 15.9. The van der Waals surface area contributed by atoms with Gasteiger partial charge in [-0.2, -0.15) is 5.26 Å². The summed E-state index contributed by atoms with van der Waals surface area (Å²) >= 11 is 10.8. The molecule has 0 fully saturated rings. The van der Waals surface area contributed by atoms with Crippen LogP contribution < -0.4 is 0 Å². The zero-order valence-electron chi connectivity index (χ0n) is 60.5. The van der Waals surface area contributed by atoms with E-state index in [1.165, 1.54) is 80.2 Å². The van der Waals surface area contributed by atoms with Crippen LogP contribution in [0.15, 0.2) is 358 Å². The molecule has 18 aromatic rings. The molecule has 8 N–H and O–H groups in total. The number of rotatable bonds is 5. The summed E-state index contributed by atoms with van der Waals surface area (Å²) in [6.45, 7) is 0. The van der Waals surface area contributed by atoms with Gasteiger partial charge in [-0.3, -0.25) is 0 Å². The molecule has 1 aromatic heterocycles. The van der Waals surface area contributed by atoms with Crippen LogP contribution in [0.3, 0.4) is 0 Å². The highest BCUT2D eigenvalue weighted by molar-refractivity contribution is 6.33. The highest BCUT2D eigenvalue weighted by Crippen LogP contribution is 2.58. The SMILES string of the molecule is Clc1cc(Cl)ncn1.N#Cc1c(F)cccc1F.Oc1ccc(C2(c3ccc(O)cc3)c3ccccc3-c3ccccc32)cc1.Oc1ccc2cc(C3(c4ccc5cc(O)ccc5c4)c4ccccc4-c4ccccc43)ccc2c1.Oc1ccc2ccc(O)cc2c1.Oc1ccc2ccccc2c1-c1c(O)ccc2ccccc12. The Labute approximate surface area is 664 Å². The van der Waals surface area contributed by atoms with E-state index in [0.29, 0.717) is 21.4 Å². The summed E-state index contributed by atoms with van der Waals surface area (Å²) in [5, 5.41) is 97.7. The summed E-state index contributed by atoms with van der Waals surface area (Å²) in [6, 6.07) is 113. The second-order valence-corrected chi connectivity index (χ2v) is 28.0. The minimum Gasteiger partial charge on any atom is -0.508 e. The van der Waals surface area contributed by atoms with E-state index >= 15 is 0 Å². The monoisotopic (exact) mass is 1530 g/mol. The number of phenols is 8. The quantitative estimate of drug-likeness (QED) is 0.0760. The Balaban J connectivity index is 0.000000116. The van der Waals surface area contributed by atoms with Gasteiger partial charge < -0.3 is 40.9 Å². The summed E-state index contributed by atoms with van der Waals surface area (Å²) in [4.78, 5) is 7.22. The maximum atomic E-state index is 12.4. The maximum Gasteiger partial charge on any atom is 0.143 e. The van der Waals surface area contributed by atoms with Crippen molar-refractivity contribution in [1.82, 2.24) is 9.97 Å². The smallest absolute Gasteiger partial charge is 0.143 e. The van der Waals surface area contributed by atoms with Crippen LogP contribution in [0, 0.1) is 23.0 Å². The molecule has 11 nitrogen and oxygen atoms in total. The van der Waals surface area contributed by atoms with Gasteiger partial charge in [0, 0.05) is 17.2 Å². The van der Waals surface area contributed by atoms with Crippen LogP contribution in [-0.4, -0.2) is 50.8 Å². The fourth-order valence-electron chi connectivity index (χ4n) is 15.6. The molecular formula is C99H67Cl2F2N3O8. The van der Waals surface area contributed by atoms with E-state index in [1.807, 2.05) is 121 Å². The number of hydrogen-bond donors (Lipinski definition) is 8. The second-order valence-electron chi connectivity index (χ2n) is 27.2. The molecule has 2 aliphatic carbocycles. The summed E-state index contributed by atoms with van der Waals surface area (Å²) < 4.78 is 24.8. The van der Waals surface area contributed by atoms with E-state index < -0.39 is 28.0 Å². The molecule has 1 heterocycles. The first kappa shape index (κ1) is 74.9. The first-order valence-electron chi connectivity index (χ1n) is 36.2. The number of halogens is 4. The predicted molar refractivity (Wildman–Crippen MR) is 450 cm³/mol. The van der Waals surface area contributed by atoms with Crippen molar-refractivity contribution in [3.63, 3.8) is 0 Å². The average Bonchev–Trinajstić information content (AvgIpc) is 1.53. The first-order chi connectivity index (χ1) is 55.4. The summed E-state index contributed by atoms with van der Waals surface area (Å²) in [7, 11) is 0. The van der Waals surface area contributed by atoms with Crippen molar-refractivity contribution in [2.45, 2.75) is 10.8 Å². The normalized spacial score (nSPS) is 12.1. The standard InChI is InChI=1S/C33H22O2.C25H18O2.C20H14O2.C10H8O2.C7H3F2N.C4H2Cl2N2/c34-27-15-11-21-17-25(13-9-23(21)19-27)33(26-14-10-24-20-28(35)16-12-22(24)18-26)31-7-3-1-5-29(31)30-6-2-4-8-32(30)33;26-19-13-9-17(10-14-19)25(18-11-15-20(27)16-12-18)23-7-3-1-5-21(23)22-6-2-4-8-24(22)25;21-17-11-9-13-5-1-3-7-15(13)19(17)20-16-8-4-2-6-14(16)10-12-18(20)22;11-9-3-1-7-2-4-10(12)6-8(7)5-9;8-6-2-1-3-7(9)5(6)4-10;5-3-1-4(6)8-2-7-3/h1-20,34-35H;1-16,26-27H;1-12,21-22H;1-6,11-12H;1-3H;1-2H. The van der Waals surface area contributed by atoms with Gasteiger partial charge in [-0.15, -0.1) is 0 Å². The van der Waals surface area contributed by atoms with Crippen molar-refractivity contribution in [2.24, 2.45) is 0 Å². The molecule has 0 amide bonds. The van der Waals surface area contributed by atoms with Gasteiger partial charge >= 0.3 is 0 Å². The summed E-state index contributed by atoms with van der Waals surface area (Å²) in [5.41, 5.74) is 14.3. The van der Waals surface area contributed by atoms with Gasteiger partial charge in [0.05, 0.1) is 10.8 Å². The van der Waals surface area contributed by atoms with E-state index in [1.54, 1.807) is 72.8 Å². The lowest BCUT2D eigenvalue weighted by Crippen LogP contribution is -2.28. The fraction of sp³-hybridized carbons (Fsp3) is 0.0202. The van der Waals surface area contributed by atoms with E-state index in [-0.39, 0.29) is 46.0 Å². The van der Waals surface area contributed by atoms with Crippen LogP contribution in [0.25, 0.3) is 87.2 Å². The Kier molecular flexibility index (Phi) is 21.1. The van der Waals surface area contributed by atoms with Gasteiger partial charge in [0.1, 0.15) is 85.9 Å². The molecule has 0 atom stereocenters. The Morgan fingerprint density at radius 3 is 0.930 bits per heavy atom. The molecule has 0 spiro atoms. The maximum absolute atomic E-state index is 12.4. The van der Waals surface area contributed by atoms with E-state index in [0.717, 1.165) is 77.1 Å². The number of fused-ring (bicyclic) bond motifs is 11. The largest absolute Gasteiger partial charge is 0.508 e.